The molecular formula is C28H45N3O3. The van der Waals surface area contributed by atoms with E-state index in [1.807, 2.05) is 71.9 Å². The molecule has 1 aromatic rings. The average molecular weight is 472 g/mol. The van der Waals surface area contributed by atoms with Crippen LogP contribution in [0.15, 0.2) is 42.0 Å². The van der Waals surface area contributed by atoms with E-state index in [-0.39, 0.29) is 29.7 Å². The van der Waals surface area contributed by atoms with E-state index in [4.69, 9.17) is 5.73 Å². The van der Waals surface area contributed by atoms with Crippen molar-refractivity contribution in [1.82, 2.24) is 10.2 Å². The van der Waals surface area contributed by atoms with E-state index in [2.05, 4.69) is 19.2 Å². The zero-order chi connectivity index (χ0) is 26.4. The zero-order valence-electron chi connectivity index (χ0n) is 22.7. The van der Waals surface area contributed by atoms with Crippen molar-refractivity contribution in [3.8, 4) is 0 Å². The molecule has 1 rings (SSSR count). The van der Waals surface area contributed by atoms with E-state index >= 15 is 0 Å². The van der Waals surface area contributed by atoms with Crippen LogP contribution in [0.3, 0.4) is 0 Å². The van der Waals surface area contributed by atoms with Crippen LogP contribution >= 0.6 is 0 Å². The lowest BCUT2D eigenvalue weighted by Crippen LogP contribution is -2.58. The summed E-state index contributed by atoms with van der Waals surface area (Å²) in [5.74, 6) is -1.10. The molecule has 3 atom stereocenters. The number of carbonyl (C=O) groups excluding carboxylic acids is 3. The number of nitrogens with one attached hydrogen (secondary N) is 1. The second-order valence-corrected chi connectivity index (χ2v) is 11.3. The number of nitrogens with two attached hydrogens (primary N) is 1. The van der Waals surface area contributed by atoms with E-state index < -0.39 is 22.8 Å². The second-order valence-electron chi connectivity index (χ2n) is 11.3. The molecule has 3 N–H and O–H groups in total. The van der Waals surface area contributed by atoms with Gasteiger partial charge >= 0.3 is 0 Å². The molecule has 190 valence electrons. The molecule has 0 bridgehead atoms. The molecular weight excluding hydrogens is 426 g/mol. The van der Waals surface area contributed by atoms with Crippen LogP contribution < -0.4 is 11.1 Å². The van der Waals surface area contributed by atoms with Crippen molar-refractivity contribution < 1.29 is 14.4 Å². The molecule has 1 aromatic carbocycles. The molecule has 3 amide bonds. The fraction of sp³-hybridized carbons (Fsp3) is 0.607. The third-order valence-electron chi connectivity index (χ3n) is 6.80. The Bertz CT molecular complexity index is 882. The molecule has 0 saturated heterocycles. The first-order valence-electron chi connectivity index (χ1n) is 12.2. The van der Waals surface area contributed by atoms with Crippen molar-refractivity contribution in [2.75, 3.05) is 7.05 Å². The maximum Gasteiger partial charge on any atom is 0.245 e. The molecule has 0 radical (unpaired) electrons. The van der Waals surface area contributed by atoms with Gasteiger partial charge in [-0.05, 0) is 30.2 Å². The third kappa shape index (κ3) is 7.18. The molecule has 0 fully saturated rings. The van der Waals surface area contributed by atoms with Gasteiger partial charge < -0.3 is 16.0 Å². The quantitative estimate of drug-likeness (QED) is 0.494. The number of benzene rings is 1. The van der Waals surface area contributed by atoms with Crippen LogP contribution in [0.2, 0.25) is 0 Å². The summed E-state index contributed by atoms with van der Waals surface area (Å²) in [7, 11) is 1.72. The smallest absolute Gasteiger partial charge is 0.245 e. The van der Waals surface area contributed by atoms with Gasteiger partial charge in [0.05, 0.1) is 6.04 Å². The first kappa shape index (κ1) is 29.4. The highest BCUT2D eigenvalue weighted by molar-refractivity contribution is 5.92. The molecule has 0 spiro atoms. The van der Waals surface area contributed by atoms with Crippen LogP contribution in [-0.2, 0) is 19.8 Å². The van der Waals surface area contributed by atoms with E-state index in [9.17, 15) is 14.4 Å². The summed E-state index contributed by atoms with van der Waals surface area (Å²) in [5.41, 5.74) is 6.00. The Morgan fingerprint density at radius 1 is 1.06 bits per heavy atom. The van der Waals surface area contributed by atoms with Gasteiger partial charge in [-0.15, -0.1) is 0 Å². The Hall–Kier alpha value is -2.63. The minimum absolute atomic E-state index is 0.0555. The molecule has 6 nitrogen and oxygen atoms in total. The summed E-state index contributed by atoms with van der Waals surface area (Å²) in [6.07, 6.45) is 2.38. The normalized spacial score (nSPS) is 15.4. The van der Waals surface area contributed by atoms with Crippen molar-refractivity contribution in [2.45, 2.75) is 86.2 Å². The standard InChI is InChI=1S/C28H45N3O3/c1-11-21(28(8,9)20-15-13-12-14-16-20)25(33)30-23(27(5,6)7)26(34)31(10)22(18(2)3)17-19(4)24(29)32/h12-18,21-23H,11H2,1-10H3,(H2,29,32)(H,30,33)/b19-17+/t21-,22-,23-/m1/s1. The van der Waals surface area contributed by atoms with Crippen LogP contribution in [-0.4, -0.2) is 41.8 Å². The Kier molecular flexibility index (Phi) is 10.1. The number of rotatable bonds is 10. The maximum atomic E-state index is 13.7. The summed E-state index contributed by atoms with van der Waals surface area (Å²) < 4.78 is 0. The summed E-state index contributed by atoms with van der Waals surface area (Å²) in [6, 6.07) is 8.94. The van der Waals surface area contributed by atoms with Gasteiger partial charge in [0.15, 0.2) is 0 Å². The summed E-state index contributed by atoms with van der Waals surface area (Å²) >= 11 is 0. The van der Waals surface area contributed by atoms with Crippen molar-refractivity contribution in [3.63, 3.8) is 0 Å². The number of nitrogens with zero attached hydrogens (tertiary/aromatic N) is 1. The first-order chi connectivity index (χ1) is 15.5. The molecule has 0 heterocycles. The van der Waals surface area contributed by atoms with Gasteiger partial charge in [-0.3, -0.25) is 14.4 Å². The van der Waals surface area contributed by atoms with Crippen LogP contribution in [0.4, 0.5) is 0 Å². The second kappa shape index (κ2) is 11.7. The predicted molar refractivity (Wildman–Crippen MR) is 139 cm³/mol. The number of hydrogen-bond acceptors (Lipinski definition) is 3. The minimum Gasteiger partial charge on any atom is -0.366 e. The Morgan fingerprint density at radius 2 is 1.59 bits per heavy atom. The molecule has 34 heavy (non-hydrogen) atoms. The van der Waals surface area contributed by atoms with Crippen molar-refractivity contribution in [1.29, 1.82) is 0 Å². The summed E-state index contributed by atoms with van der Waals surface area (Å²) in [4.78, 5) is 40.5. The minimum atomic E-state index is -0.728. The van der Waals surface area contributed by atoms with E-state index in [1.165, 1.54) is 0 Å². The van der Waals surface area contributed by atoms with E-state index in [1.54, 1.807) is 24.9 Å². The van der Waals surface area contributed by atoms with Crippen LogP contribution in [0.1, 0.15) is 74.3 Å². The highest BCUT2D eigenvalue weighted by atomic mass is 16.2. The first-order valence-corrected chi connectivity index (χ1v) is 12.2. The van der Waals surface area contributed by atoms with Crippen molar-refractivity contribution in [2.24, 2.45) is 23.0 Å². The zero-order valence-corrected chi connectivity index (χ0v) is 22.7. The van der Waals surface area contributed by atoms with Crippen LogP contribution in [0.5, 0.6) is 0 Å². The number of likely N-dealkylation sites (N-methyl/N-ethyl adjacent to an activating group) is 1. The molecule has 0 aliphatic rings. The third-order valence-corrected chi connectivity index (χ3v) is 6.80. The lowest BCUT2D eigenvalue weighted by molar-refractivity contribution is -0.141. The van der Waals surface area contributed by atoms with Crippen molar-refractivity contribution in [3.05, 3.63) is 47.5 Å². The fourth-order valence-corrected chi connectivity index (χ4v) is 4.42. The van der Waals surface area contributed by atoms with Gasteiger partial charge in [-0.1, -0.05) is 91.8 Å². The number of primary amides is 1. The van der Waals surface area contributed by atoms with Gasteiger partial charge in [-0.2, -0.15) is 0 Å². The summed E-state index contributed by atoms with van der Waals surface area (Å²) in [5, 5.41) is 3.09. The Morgan fingerprint density at radius 3 is 2.00 bits per heavy atom. The molecule has 0 aliphatic carbocycles. The summed E-state index contributed by atoms with van der Waals surface area (Å²) in [6.45, 7) is 17.6. The highest BCUT2D eigenvalue weighted by Crippen LogP contribution is 2.34. The molecule has 0 aromatic heterocycles. The van der Waals surface area contributed by atoms with Gasteiger partial charge in [0.25, 0.3) is 0 Å². The monoisotopic (exact) mass is 471 g/mol. The van der Waals surface area contributed by atoms with Crippen LogP contribution in [0, 0.1) is 17.3 Å². The highest BCUT2D eigenvalue weighted by Gasteiger charge is 2.41. The lowest BCUT2D eigenvalue weighted by atomic mass is 9.71. The number of carbonyl (C=O) groups is 3. The average Bonchev–Trinajstić information content (AvgIpc) is 2.74. The topological polar surface area (TPSA) is 92.5 Å². The van der Waals surface area contributed by atoms with Gasteiger partial charge in [0.2, 0.25) is 17.7 Å². The van der Waals surface area contributed by atoms with Crippen molar-refractivity contribution >= 4 is 17.7 Å². The van der Waals surface area contributed by atoms with Gasteiger partial charge in [-0.25, -0.2) is 0 Å². The fourth-order valence-electron chi connectivity index (χ4n) is 4.42. The Labute approximate surface area is 206 Å². The SMILES string of the molecule is CC[C@H](C(=O)N[C@H](C(=O)N(C)[C@H](/C=C(\C)C(N)=O)C(C)C)C(C)(C)C)C(C)(C)c1ccccc1. The predicted octanol–water partition coefficient (Wildman–Crippen LogP) is 4.44. The Balaban J connectivity index is 3.29. The van der Waals surface area contributed by atoms with E-state index in [0.29, 0.717) is 12.0 Å². The van der Waals surface area contributed by atoms with E-state index in [0.717, 1.165) is 5.56 Å². The molecule has 0 saturated carbocycles. The van der Waals surface area contributed by atoms with Gasteiger partial charge in [0.1, 0.15) is 6.04 Å². The van der Waals surface area contributed by atoms with Gasteiger partial charge in [0, 0.05) is 24.0 Å². The van der Waals surface area contributed by atoms with Crippen LogP contribution in [0.25, 0.3) is 0 Å². The lowest BCUT2D eigenvalue weighted by Gasteiger charge is -2.39. The number of amides is 3. The molecule has 0 aliphatic heterocycles. The molecule has 0 unspecified atom stereocenters. The molecule has 6 heteroatoms. The maximum absolute atomic E-state index is 13.7. The largest absolute Gasteiger partial charge is 0.366 e. The number of hydrogen-bond donors (Lipinski definition) is 2.